The standard InChI is InChI=1S/C14H24O6/c1-3-5-11(15)9-19-13(17)7-8-14(18)20-10-12(16)6-4-2/h7-8,11-12,15-16H,3-6,9-10H2,1-2H3/b8-7+. The molecule has 0 saturated carbocycles. The van der Waals surface area contributed by atoms with Gasteiger partial charge in [-0.3, -0.25) is 0 Å². The molecule has 2 unspecified atom stereocenters. The van der Waals surface area contributed by atoms with Crippen molar-refractivity contribution in [3.8, 4) is 0 Å². The Labute approximate surface area is 119 Å². The number of esters is 2. The molecule has 6 heteroatoms. The van der Waals surface area contributed by atoms with Gasteiger partial charge in [-0.25, -0.2) is 9.59 Å². The fraction of sp³-hybridized carbons (Fsp3) is 0.714. The minimum atomic E-state index is -0.716. The molecule has 0 fully saturated rings. The first kappa shape index (κ1) is 18.6. The van der Waals surface area contributed by atoms with Gasteiger partial charge in [-0.05, 0) is 12.8 Å². The Morgan fingerprint density at radius 2 is 1.25 bits per heavy atom. The zero-order valence-corrected chi connectivity index (χ0v) is 12.1. The summed E-state index contributed by atoms with van der Waals surface area (Å²) in [4.78, 5) is 22.4. The van der Waals surface area contributed by atoms with Crippen molar-refractivity contribution in [1.29, 1.82) is 0 Å². The molecule has 0 aliphatic rings. The Kier molecular flexibility index (Phi) is 10.6. The van der Waals surface area contributed by atoms with Crippen LogP contribution in [0.25, 0.3) is 0 Å². The average Bonchev–Trinajstić information content (AvgIpc) is 2.41. The molecule has 20 heavy (non-hydrogen) atoms. The molecule has 0 bridgehead atoms. The van der Waals surface area contributed by atoms with Gasteiger partial charge < -0.3 is 19.7 Å². The van der Waals surface area contributed by atoms with E-state index in [4.69, 9.17) is 9.47 Å². The van der Waals surface area contributed by atoms with Gasteiger partial charge >= 0.3 is 11.9 Å². The van der Waals surface area contributed by atoms with Gasteiger partial charge in [-0.1, -0.05) is 26.7 Å². The number of aliphatic hydroxyl groups excluding tert-OH is 2. The van der Waals surface area contributed by atoms with Crippen LogP contribution >= 0.6 is 0 Å². The van der Waals surface area contributed by atoms with Gasteiger partial charge in [0.1, 0.15) is 13.2 Å². The normalized spacial score (nSPS) is 14.0. The molecule has 6 nitrogen and oxygen atoms in total. The SMILES string of the molecule is CCCC(O)COC(=O)/C=C/C(=O)OCC(O)CCC. The third kappa shape index (κ3) is 10.5. The lowest BCUT2D eigenvalue weighted by atomic mass is 10.2. The lowest BCUT2D eigenvalue weighted by Gasteiger charge is -2.09. The molecule has 0 radical (unpaired) electrons. The van der Waals surface area contributed by atoms with Gasteiger partial charge in [-0.2, -0.15) is 0 Å². The third-order valence-electron chi connectivity index (χ3n) is 2.44. The van der Waals surface area contributed by atoms with E-state index >= 15 is 0 Å². The highest BCUT2D eigenvalue weighted by Gasteiger charge is 2.08. The maximum atomic E-state index is 11.2. The second kappa shape index (κ2) is 11.4. The van der Waals surface area contributed by atoms with E-state index in [1.165, 1.54) is 0 Å². The number of carbonyl (C=O) groups is 2. The summed E-state index contributed by atoms with van der Waals surface area (Å²) in [6.45, 7) is 3.63. The van der Waals surface area contributed by atoms with Crippen LogP contribution in [-0.4, -0.2) is 47.6 Å². The number of hydrogen-bond acceptors (Lipinski definition) is 6. The van der Waals surface area contributed by atoms with Crippen LogP contribution in [0.2, 0.25) is 0 Å². The molecule has 116 valence electrons. The van der Waals surface area contributed by atoms with E-state index in [2.05, 4.69) is 0 Å². The third-order valence-corrected chi connectivity index (χ3v) is 2.44. The smallest absolute Gasteiger partial charge is 0.331 e. The van der Waals surface area contributed by atoms with Crippen molar-refractivity contribution in [3.63, 3.8) is 0 Å². The maximum absolute atomic E-state index is 11.2. The van der Waals surface area contributed by atoms with E-state index < -0.39 is 24.1 Å². The molecule has 0 aliphatic heterocycles. The van der Waals surface area contributed by atoms with Crippen molar-refractivity contribution in [2.24, 2.45) is 0 Å². The second-order valence-electron chi connectivity index (χ2n) is 4.48. The van der Waals surface area contributed by atoms with Crippen molar-refractivity contribution in [3.05, 3.63) is 12.2 Å². The van der Waals surface area contributed by atoms with Gasteiger partial charge in [0, 0.05) is 12.2 Å². The summed E-state index contributed by atoms with van der Waals surface area (Å²) in [5.74, 6) is -1.43. The summed E-state index contributed by atoms with van der Waals surface area (Å²) in [5, 5.41) is 18.7. The molecule has 0 aliphatic carbocycles. The number of ether oxygens (including phenoxy) is 2. The predicted octanol–water partition coefficient (Wildman–Crippen LogP) is 0.951. The van der Waals surface area contributed by atoms with Crippen LogP contribution in [0.15, 0.2) is 12.2 Å². The van der Waals surface area contributed by atoms with Crippen LogP contribution in [0.1, 0.15) is 39.5 Å². The largest absolute Gasteiger partial charge is 0.460 e. The molecule has 0 spiro atoms. The van der Waals surface area contributed by atoms with E-state index in [-0.39, 0.29) is 13.2 Å². The maximum Gasteiger partial charge on any atom is 0.331 e. The summed E-state index contributed by atoms with van der Waals surface area (Å²) < 4.78 is 9.48. The molecule has 0 aromatic rings. The first-order chi connectivity index (χ1) is 9.49. The number of rotatable bonds is 10. The topological polar surface area (TPSA) is 93.1 Å². The fourth-order valence-corrected chi connectivity index (χ4v) is 1.42. The van der Waals surface area contributed by atoms with Crippen LogP contribution in [-0.2, 0) is 19.1 Å². The number of hydrogen-bond donors (Lipinski definition) is 2. The highest BCUT2D eigenvalue weighted by molar-refractivity contribution is 5.91. The lowest BCUT2D eigenvalue weighted by molar-refractivity contribution is -0.143. The number of carbonyl (C=O) groups excluding carboxylic acids is 2. The van der Waals surface area contributed by atoms with Gasteiger partial charge in [0.05, 0.1) is 12.2 Å². The minimum Gasteiger partial charge on any atom is -0.460 e. The summed E-state index contributed by atoms with van der Waals surface area (Å²) >= 11 is 0. The van der Waals surface area contributed by atoms with Crippen molar-refractivity contribution in [2.45, 2.75) is 51.7 Å². The molecule has 0 rings (SSSR count). The first-order valence-corrected chi connectivity index (χ1v) is 6.87. The predicted molar refractivity (Wildman–Crippen MR) is 72.9 cm³/mol. The monoisotopic (exact) mass is 288 g/mol. The van der Waals surface area contributed by atoms with Crippen LogP contribution in [0.3, 0.4) is 0 Å². The molecular weight excluding hydrogens is 264 g/mol. The Balaban J connectivity index is 3.85. The second-order valence-corrected chi connectivity index (χ2v) is 4.48. The Morgan fingerprint density at radius 1 is 0.900 bits per heavy atom. The van der Waals surface area contributed by atoms with Gasteiger partial charge in [0.25, 0.3) is 0 Å². The summed E-state index contributed by atoms with van der Waals surface area (Å²) in [6, 6.07) is 0. The molecule has 0 saturated heterocycles. The Bertz CT molecular complexity index is 283. The van der Waals surface area contributed by atoms with Gasteiger partial charge in [0.15, 0.2) is 0 Å². The number of aliphatic hydroxyl groups is 2. The van der Waals surface area contributed by atoms with Crippen molar-refractivity contribution < 1.29 is 29.3 Å². The molecule has 0 heterocycles. The van der Waals surface area contributed by atoms with Crippen molar-refractivity contribution >= 4 is 11.9 Å². The molecule has 0 amide bonds. The molecule has 0 aromatic heterocycles. The molecule has 0 aromatic carbocycles. The van der Waals surface area contributed by atoms with Crippen LogP contribution in [0.5, 0.6) is 0 Å². The zero-order chi connectivity index (χ0) is 15.4. The van der Waals surface area contributed by atoms with E-state index in [1.807, 2.05) is 13.8 Å². The van der Waals surface area contributed by atoms with Crippen LogP contribution in [0, 0.1) is 0 Å². The van der Waals surface area contributed by atoms with E-state index in [9.17, 15) is 19.8 Å². The summed E-state index contributed by atoms with van der Waals surface area (Å²) in [5.41, 5.74) is 0. The van der Waals surface area contributed by atoms with E-state index in [0.717, 1.165) is 25.0 Å². The zero-order valence-electron chi connectivity index (χ0n) is 12.1. The van der Waals surface area contributed by atoms with Gasteiger partial charge in [0.2, 0.25) is 0 Å². The summed E-state index contributed by atoms with van der Waals surface area (Å²) in [6.07, 6.45) is 3.19. The molecule has 2 atom stereocenters. The van der Waals surface area contributed by atoms with E-state index in [1.54, 1.807) is 0 Å². The first-order valence-electron chi connectivity index (χ1n) is 6.87. The fourth-order valence-electron chi connectivity index (χ4n) is 1.42. The molecule has 2 N–H and O–H groups in total. The highest BCUT2D eigenvalue weighted by atomic mass is 16.5. The average molecular weight is 288 g/mol. The van der Waals surface area contributed by atoms with Crippen molar-refractivity contribution in [2.75, 3.05) is 13.2 Å². The van der Waals surface area contributed by atoms with E-state index in [0.29, 0.717) is 12.8 Å². The Hall–Kier alpha value is -1.40. The minimum absolute atomic E-state index is 0.0960. The Morgan fingerprint density at radius 3 is 1.55 bits per heavy atom. The lowest BCUT2D eigenvalue weighted by Crippen LogP contribution is -2.18. The quantitative estimate of drug-likeness (QED) is 0.459. The highest BCUT2D eigenvalue weighted by Crippen LogP contribution is 1.98. The molecular formula is C14H24O6. The summed E-state index contributed by atoms with van der Waals surface area (Å²) in [7, 11) is 0. The van der Waals surface area contributed by atoms with Gasteiger partial charge in [-0.15, -0.1) is 0 Å². The van der Waals surface area contributed by atoms with Crippen molar-refractivity contribution in [1.82, 2.24) is 0 Å². The van der Waals surface area contributed by atoms with Crippen LogP contribution in [0.4, 0.5) is 0 Å². The van der Waals surface area contributed by atoms with Crippen LogP contribution < -0.4 is 0 Å².